The van der Waals surface area contributed by atoms with E-state index in [2.05, 4.69) is 242 Å². The molecule has 0 spiro atoms. The van der Waals surface area contributed by atoms with Crippen LogP contribution in [0.1, 0.15) is 11.1 Å². The van der Waals surface area contributed by atoms with Crippen molar-refractivity contribution in [1.82, 2.24) is 39.9 Å². The fraction of sp³-hybridized carbons (Fsp3) is 0.0189. The molecule has 6 aromatic heterocycles. The van der Waals surface area contributed by atoms with Crippen molar-refractivity contribution < 1.29 is 10.0 Å². The number of pyridine rings is 4. The van der Waals surface area contributed by atoms with Crippen molar-refractivity contribution in [3.05, 3.63) is 417 Å². The highest BCUT2D eigenvalue weighted by atomic mass is 35.5. The summed E-state index contributed by atoms with van der Waals surface area (Å²) in [4.78, 5) is 39.9. The van der Waals surface area contributed by atoms with Crippen LogP contribution in [0.25, 0.3) is 190 Å². The summed E-state index contributed by atoms with van der Waals surface area (Å²) in [5.74, 6) is 1.35. The molecule has 0 atom stereocenters. The molecule has 0 amide bonds. The molecule has 0 saturated heterocycles. The lowest BCUT2D eigenvalue weighted by Gasteiger charge is -2.12. The van der Waals surface area contributed by atoms with Gasteiger partial charge in [0.05, 0.1) is 61.9 Å². The molecular formula is C106H74BClN8O2. The summed E-state index contributed by atoms with van der Waals surface area (Å²) in [6, 6.07) is 136. The molecule has 0 fully saturated rings. The Labute approximate surface area is 689 Å². The minimum atomic E-state index is -1.51. The smallest absolute Gasteiger partial charge is 0.423 e. The average Bonchev–Trinajstić information content (AvgIpc) is 0.767. The Morgan fingerprint density at radius 1 is 0.203 bits per heavy atom. The van der Waals surface area contributed by atoms with Crippen LogP contribution in [0, 0.1) is 13.8 Å². The van der Waals surface area contributed by atoms with E-state index >= 15 is 0 Å². The zero-order valence-electron chi connectivity index (χ0n) is 64.5. The summed E-state index contributed by atoms with van der Waals surface area (Å²) in [7, 11) is -1.51. The van der Waals surface area contributed by atoms with Gasteiger partial charge in [0.2, 0.25) is 0 Å². The van der Waals surface area contributed by atoms with Gasteiger partial charge < -0.3 is 10.0 Å². The molecule has 0 aliphatic rings. The second-order valence-corrected chi connectivity index (χ2v) is 29.4. The summed E-state index contributed by atoms with van der Waals surface area (Å²) in [6.07, 6.45) is 0. The Morgan fingerprint density at radius 3 is 0.881 bits per heavy atom. The predicted molar refractivity (Wildman–Crippen MR) is 487 cm³/mol. The number of rotatable bonds is 14. The van der Waals surface area contributed by atoms with Crippen molar-refractivity contribution in [3.8, 4) is 146 Å². The summed E-state index contributed by atoms with van der Waals surface area (Å²) in [6.45, 7) is 4.20. The molecule has 560 valence electrons. The van der Waals surface area contributed by atoms with Gasteiger partial charge in [0.15, 0.2) is 11.6 Å². The van der Waals surface area contributed by atoms with Gasteiger partial charge in [-0.3, -0.25) is 0 Å². The molecule has 12 heteroatoms. The Bertz CT molecular complexity index is 7030. The van der Waals surface area contributed by atoms with Crippen molar-refractivity contribution in [3.63, 3.8) is 0 Å². The topological polar surface area (TPSA) is 144 Å². The van der Waals surface area contributed by atoms with Crippen molar-refractivity contribution in [2.75, 3.05) is 0 Å². The Kier molecular flexibility index (Phi) is 21.3. The molecule has 0 aliphatic carbocycles. The van der Waals surface area contributed by atoms with E-state index in [0.717, 1.165) is 167 Å². The number of hydrogen-bond donors (Lipinski definition) is 2. The number of nitrogens with zero attached hydrogens (tertiary/aromatic N) is 8. The fourth-order valence-corrected chi connectivity index (χ4v) is 15.3. The van der Waals surface area contributed by atoms with Crippen LogP contribution in [0.3, 0.4) is 0 Å². The number of fused-ring (bicyclic) bond motifs is 6. The quantitative estimate of drug-likeness (QED) is 0.0613. The number of hydrogen-bond acceptors (Lipinski definition) is 10. The first kappa shape index (κ1) is 74.6. The maximum absolute atomic E-state index is 9.63. The summed E-state index contributed by atoms with van der Waals surface area (Å²) < 4.78 is 0. The molecule has 0 saturated carbocycles. The standard InChI is InChI=1S/C53H36N4.C34H25BN2O2.C19H13ClN2/c1-35-31-48(55-52-46(35)29-27-40-28-30-47(54-51(40)52)38-15-7-3-8-16-38)44-21-11-19-42(32-44)43-20-12-22-45(33-43)50-34-49(56-53(57-50)41-17-9-4-10-18-41)39-25-23-37(24-26-39)36-13-5-2-6-14-36;38-35(39)31-16-8-14-29(22-31)28-13-7-15-30(21-28)33-23-32(36-34(37-33)27-11-5-2-6-12-27)26-19-17-25(18-20-26)24-9-3-1-4-10-24;1-12-11-17(20)22-19-15(12)9-7-14-8-10-16(21-18(14)19)13-5-3-2-4-6-13/h2-34H,1H3;1-23,38-39H;2-11H,1H3. The zero-order valence-corrected chi connectivity index (χ0v) is 65.3. The van der Waals surface area contributed by atoms with Crippen LogP contribution in [0.2, 0.25) is 5.15 Å². The van der Waals surface area contributed by atoms with Crippen LogP contribution >= 0.6 is 11.6 Å². The van der Waals surface area contributed by atoms with Gasteiger partial charge in [0.1, 0.15) is 5.15 Å². The summed E-state index contributed by atoms with van der Waals surface area (Å²) >= 11 is 6.14. The van der Waals surface area contributed by atoms with Crippen LogP contribution in [0.5, 0.6) is 0 Å². The third-order valence-electron chi connectivity index (χ3n) is 21.2. The van der Waals surface area contributed by atoms with Crippen molar-refractivity contribution in [1.29, 1.82) is 0 Å². The van der Waals surface area contributed by atoms with Crippen LogP contribution in [-0.4, -0.2) is 57.0 Å². The molecule has 6 heterocycles. The highest BCUT2D eigenvalue weighted by Gasteiger charge is 2.19. The molecule has 0 unspecified atom stereocenters. The van der Waals surface area contributed by atoms with Gasteiger partial charge in [-0.05, 0) is 130 Å². The first-order valence-electron chi connectivity index (χ1n) is 39.2. The number of aromatic nitrogens is 8. The third kappa shape index (κ3) is 16.3. The minimum Gasteiger partial charge on any atom is -0.423 e. The normalized spacial score (nSPS) is 11.1. The van der Waals surface area contributed by atoms with E-state index in [-0.39, 0.29) is 0 Å². The van der Waals surface area contributed by atoms with E-state index in [1.807, 2.05) is 165 Å². The van der Waals surface area contributed by atoms with Gasteiger partial charge in [-0.15, -0.1) is 0 Å². The largest absolute Gasteiger partial charge is 0.488 e. The van der Waals surface area contributed by atoms with Crippen LogP contribution in [0.4, 0.5) is 0 Å². The maximum Gasteiger partial charge on any atom is 0.488 e. The molecule has 10 nitrogen and oxygen atoms in total. The molecule has 20 rings (SSSR count). The Balaban J connectivity index is 0.000000135. The summed E-state index contributed by atoms with van der Waals surface area (Å²) in [5, 5.41) is 24.1. The predicted octanol–water partition coefficient (Wildman–Crippen LogP) is 25.5. The van der Waals surface area contributed by atoms with Crippen LogP contribution < -0.4 is 5.46 Å². The second-order valence-electron chi connectivity index (χ2n) is 29.1. The first-order valence-corrected chi connectivity index (χ1v) is 39.5. The van der Waals surface area contributed by atoms with Gasteiger partial charge in [-0.1, -0.05) is 357 Å². The second kappa shape index (κ2) is 33.7. The van der Waals surface area contributed by atoms with Gasteiger partial charge in [-0.25, -0.2) is 39.9 Å². The molecule has 118 heavy (non-hydrogen) atoms. The molecule has 0 aliphatic heterocycles. The van der Waals surface area contributed by atoms with Crippen LogP contribution in [-0.2, 0) is 0 Å². The van der Waals surface area contributed by atoms with Gasteiger partial charge >= 0.3 is 7.12 Å². The molecule has 14 aromatic carbocycles. The van der Waals surface area contributed by atoms with E-state index in [9.17, 15) is 10.0 Å². The lowest BCUT2D eigenvalue weighted by molar-refractivity contribution is 0.426. The maximum atomic E-state index is 9.63. The monoisotopic (exact) mass is 1540 g/mol. The van der Waals surface area contributed by atoms with E-state index in [0.29, 0.717) is 22.3 Å². The lowest BCUT2D eigenvalue weighted by atomic mass is 9.79. The Hall–Kier alpha value is -14.8. The van der Waals surface area contributed by atoms with E-state index in [1.54, 1.807) is 12.1 Å². The van der Waals surface area contributed by atoms with Gasteiger partial charge in [-0.2, -0.15) is 0 Å². The molecule has 0 bridgehead atoms. The Morgan fingerprint density at radius 2 is 0.483 bits per heavy atom. The van der Waals surface area contributed by atoms with E-state index in [1.165, 1.54) is 22.3 Å². The molecular weight excluding hydrogens is 1460 g/mol. The SMILES string of the molecule is Cc1cc(-c2cccc(-c3cccc(-c4cc(-c5ccc(-c6ccccc6)cc5)nc(-c5ccccc5)n4)c3)c2)nc2c1ccc1ccc(-c3ccccc3)nc12.Cc1cc(Cl)nc2c1ccc1ccc(-c3ccccc3)nc12.OB(O)c1cccc(-c2cccc(-c3cc(-c4ccc(-c5ccccc5)cc4)nc(-c4ccccc4)n3)c2)c1. The van der Waals surface area contributed by atoms with Crippen molar-refractivity contribution in [2.24, 2.45) is 0 Å². The van der Waals surface area contributed by atoms with Gasteiger partial charge in [0.25, 0.3) is 0 Å². The van der Waals surface area contributed by atoms with Crippen molar-refractivity contribution in [2.45, 2.75) is 13.8 Å². The van der Waals surface area contributed by atoms with Crippen LogP contribution in [0.15, 0.2) is 400 Å². The minimum absolute atomic E-state index is 0.451. The van der Waals surface area contributed by atoms with E-state index in [4.69, 9.17) is 46.5 Å². The van der Waals surface area contributed by atoms with E-state index < -0.39 is 7.12 Å². The first-order chi connectivity index (χ1) is 58.0. The number of halogens is 1. The number of aryl methyl sites for hydroxylation is 2. The fourth-order valence-electron chi connectivity index (χ4n) is 15.0. The number of benzene rings is 14. The average molecular weight is 1540 g/mol. The zero-order chi connectivity index (χ0) is 79.8. The molecule has 0 radical (unpaired) electrons. The lowest BCUT2D eigenvalue weighted by Crippen LogP contribution is -2.29. The van der Waals surface area contributed by atoms with Crippen molar-refractivity contribution >= 4 is 67.8 Å². The summed E-state index contributed by atoms with van der Waals surface area (Å²) in [5.41, 5.74) is 30.4. The highest BCUT2D eigenvalue weighted by molar-refractivity contribution is 6.58. The molecule has 2 N–H and O–H groups in total. The highest BCUT2D eigenvalue weighted by Crippen LogP contribution is 2.38. The third-order valence-corrected chi connectivity index (χ3v) is 21.4. The molecule has 20 aromatic rings. The van der Waals surface area contributed by atoms with Gasteiger partial charge in [0, 0.05) is 71.6 Å².